The van der Waals surface area contributed by atoms with E-state index < -0.39 is 42.3 Å². The number of aromatic nitrogens is 3. The highest BCUT2D eigenvalue weighted by Gasteiger charge is 2.81. The minimum absolute atomic E-state index is 0.196. The SMILES string of the molecule is O=C(N[n+]1ccccn1)c1cnc(OCC(F)(F)C(F)(F)C(F)(F)C(F)(F)F)c(Br)c1. The molecule has 2 heterocycles. The van der Waals surface area contributed by atoms with Crippen molar-refractivity contribution in [3.8, 4) is 5.88 Å². The third kappa shape index (κ3) is 4.99. The first-order valence-corrected chi connectivity index (χ1v) is 8.52. The number of alkyl halides is 9. The molecule has 1 N–H and O–H groups in total. The third-order valence-electron chi connectivity index (χ3n) is 3.50. The smallest absolute Gasteiger partial charge is 0.460 e. The summed E-state index contributed by atoms with van der Waals surface area (Å²) in [6, 6.07) is 4.02. The Kier molecular flexibility index (Phi) is 6.73. The van der Waals surface area contributed by atoms with Crippen LogP contribution >= 0.6 is 15.9 Å². The summed E-state index contributed by atoms with van der Waals surface area (Å²) in [5.74, 6) is -21.4. The Morgan fingerprint density at radius 2 is 1.71 bits per heavy atom. The molecule has 170 valence electrons. The van der Waals surface area contributed by atoms with Crippen molar-refractivity contribution < 1.29 is 53.8 Å². The highest BCUT2D eigenvalue weighted by molar-refractivity contribution is 9.10. The average molecular weight is 528 g/mol. The normalized spacial score (nSPS) is 13.1. The Balaban J connectivity index is 2.14. The Morgan fingerprint density at radius 3 is 2.23 bits per heavy atom. The summed E-state index contributed by atoms with van der Waals surface area (Å²) in [6.07, 6.45) is -3.49. The minimum Gasteiger partial charge on any atom is -0.470 e. The molecule has 0 unspecified atom stereocenters. The Hall–Kier alpha value is -2.65. The molecule has 0 radical (unpaired) electrons. The van der Waals surface area contributed by atoms with Gasteiger partial charge in [-0.05, 0) is 28.1 Å². The second-order valence-corrected chi connectivity index (χ2v) is 6.59. The molecule has 31 heavy (non-hydrogen) atoms. The largest absolute Gasteiger partial charge is 0.470 e. The quantitative estimate of drug-likeness (QED) is 0.440. The van der Waals surface area contributed by atoms with Crippen LogP contribution < -0.4 is 15.0 Å². The van der Waals surface area contributed by atoms with Crippen molar-refractivity contribution in [1.82, 2.24) is 10.1 Å². The number of carbonyl (C=O) groups is 1. The second kappa shape index (κ2) is 8.47. The summed E-state index contributed by atoms with van der Waals surface area (Å²) in [7, 11) is 0. The van der Waals surface area contributed by atoms with E-state index in [1.54, 1.807) is 6.07 Å². The van der Waals surface area contributed by atoms with Crippen LogP contribution in [0.3, 0.4) is 0 Å². The van der Waals surface area contributed by atoms with Gasteiger partial charge in [-0.2, -0.15) is 39.5 Å². The molecule has 6 nitrogen and oxygen atoms in total. The predicted molar refractivity (Wildman–Crippen MR) is 86.5 cm³/mol. The van der Waals surface area contributed by atoms with Crippen LogP contribution in [0.4, 0.5) is 39.5 Å². The van der Waals surface area contributed by atoms with Gasteiger partial charge in [0.25, 0.3) is 0 Å². The molecule has 0 aromatic carbocycles. The molecular formula is C15H9BrF9N4O2+. The number of pyridine rings is 1. The fourth-order valence-corrected chi connectivity index (χ4v) is 2.34. The minimum atomic E-state index is -7.03. The highest BCUT2D eigenvalue weighted by Crippen LogP contribution is 2.53. The number of ether oxygens (including phenoxy) is 1. The van der Waals surface area contributed by atoms with Gasteiger partial charge in [0.05, 0.1) is 16.2 Å². The van der Waals surface area contributed by atoms with Gasteiger partial charge in [-0.3, -0.25) is 4.79 Å². The number of hydrogen-bond acceptors (Lipinski definition) is 4. The Labute approximate surface area is 175 Å². The van der Waals surface area contributed by atoms with Crippen LogP contribution in [0.1, 0.15) is 10.4 Å². The summed E-state index contributed by atoms with van der Waals surface area (Å²) in [6.45, 7) is -2.56. The standard InChI is InChI=1S/C15H8BrF9N4O2/c16-9-5-8(10(30)28-29-4-2-1-3-27-29)6-26-11(9)31-7-12(17,18)13(19,20)14(21,22)15(23,24)25/h1-6H,7H2/p+1. The van der Waals surface area contributed by atoms with E-state index in [0.717, 1.165) is 17.1 Å². The summed E-state index contributed by atoms with van der Waals surface area (Å²) in [5, 5.41) is 3.73. The fourth-order valence-electron chi connectivity index (χ4n) is 1.88. The molecule has 2 aromatic heterocycles. The lowest BCUT2D eigenvalue weighted by molar-refractivity contribution is -0.702. The van der Waals surface area contributed by atoms with E-state index in [9.17, 15) is 44.3 Å². The van der Waals surface area contributed by atoms with Gasteiger partial charge in [-0.25, -0.2) is 4.98 Å². The fraction of sp³-hybridized carbons (Fsp3) is 0.333. The monoisotopic (exact) mass is 527 g/mol. The molecule has 0 bridgehead atoms. The molecule has 0 fully saturated rings. The Bertz CT molecular complexity index is 942. The number of halogens is 10. The third-order valence-corrected chi connectivity index (χ3v) is 4.07. The summed E-state index contributed by atoms with van der Waals surface area (Å²) < 4.78 is 119. The van der Waals surface area contributed by atoms with Gasteiger partial charge >= 0.3 is 29.9 Å². The van der Waals surface area contributed by atoms with Crippen LogP contribution in [0.25, 0.3) is 0 Å². The average Bonchev–Trinajstić information content (AvgIpc) is 2.66. The molecule has 0 saturated carbocycles. The number of nitrogens with one attached hydrogen (secondary N) is 1. The van der Waals surface area contributed by atoms with E-state index in [2.05, 4.69) is 36.2 Å². The first kappa shape index (κ1) is 24.6. The molecule has 0 atom stereocenters. The lowest BCUT2D eigenvalue weighted by Crippen LogP contribution is -2.62. The number of amides is 1. The van der Waals surface area contributed by atoms with E-state index in [1.807, 2.05) is 0 Å². The van der Waals surface area contributed by atoms with Gasteiger partial charge in [0.1, 0.15) is 0 Å². The van der Waals surface area contributed by atoms with Crippen LogP contribution in [0.5, 0.6) is 5.88 Å². The molecular weight excluding hydrogens is 519 g/mol. The van der Waals surface area contributed by atoms with Crippen molar-refractivity contribution in [3.05, 3.63) is 46.8 Å². The lowest BCUT2D eigenvalue weighted by Gasteiger charge is -2.33. The number of carbonyl (C=O) groups excluding carboxylic acids is 1. The van der Waals surface area contributed by atoms with E-state index >= 15 is 0 Å². The van der Waals surface area contributed by atoms with Crippen LogP contribution in [-0.4, -0.2) is 46.5 Å². The van der Waals surface area contributed by atoms with E-state index in [4.69, 9.17) is 0 Å². The van der Waals surface area contributed by atoms with Gasteiger partial charge in [0, 0.05) is 22.2 Å². The van der Waals surface area contributed by atoms with Gasteiger partial charge < -0.3 is 4.74 Å². The van der Waals surface area contributed by atoms with Crippen LogP contribution in [0, 0.1) is 0 Å². The van der Waals surface area contributed by atoms with E-state index in [1.165, 1.54) is 18.5 Å². The zero-order valence-electron chi connectivity index (χ0n) is 14.6. The molecule has 0 saturated heterocycles. The maximum Gasteiger partial charge on any atom is 0.460 e. The molecule has 1 amide bonds. The van der Waals surface area contributed by atoms with Crippen molar-refractivity contribution in [3.63, 3.8) is 0 Å². The summed E-state index contributed by atoms with van der Waals surface area (Å²) in [5.41, 5.74) is 2.07. The first-order chi connectivity index (χ1) is 14.1. The summed E-state index contributed by atoms with van der Waals surface area (Å²) in [4.78, 5) is 16.4. The lowest BCUT2D eigenvalue weighted by atomic mass is 10.0. The Morgan fingerprint density at radius 1 is 1.06 bits per heavy atom. The molecule has 2 aromatic rings. The molecule has 0 spiro atoms. The topological polar surface area (TPSA) is 68.0 Å². The maximum atomic E-state index is 13.5. The van der Waals surface area contributed by atoms with Gasteiger partial charge in [-0.15, -0.1) is 0 Å². The van der Waals surface area contributed by atoms with Crippen molar-refractivity contribution >= 4 is 21.8 Å². The highest BCUT2D eigenvalue weighted by atomic mass is 79.9. The zero-order chi connectivity index (χ0) is 23.7. The molecule has 2 rings (SSSR count). The van der Waals surface area contributed by atoms with Crippen LogP contribution in [0.2, 0.25) is 0 Å². The maximum absolute atomic E-state index is 13.5. The zero-order valence-corrected chi connectivity index (χ0v) is 16.2. The van der Waals surface area contributed by atoms with Gasteiger partial charge in [0.15, 0.2) is 6.61 Å². The number of hydrogen-bond donors (Lipinski definition) is 1. The summed E-state index contributed by atoms with van der Waals surface area (Å²) >= 11 is 2.74. The van der Waals surface area contributed by atoms with Crippen molar-refractivity contribution in [2.45, 2.75) is 23.9 Å². The molecule has 0 aliphatic carbocycles. The number of nitrogens with zero attached hydrogens (tertiary/aromatic N) is 3. The van der Waals surface area contributed by atoms with Gasteiger partial charge in [-0.1, -0.05) is 5.43 Å². The van der Waals surface area contributed by atoms with Gasteiger partial charge in [0.2, 0.25) is 12.1 Å². The van der Waals surface area contributed by atoms with Crippen LogP contribution in [0.15, 0.2) is 41.3 Å². The van der Waals surface area contributed by atoms with Crippen LogP contribution in [-0.2, 0) is 0 Å². The molecule has 0 aliphatic rings. The van der Waals surface area contributed by atoms with Crippen molar-refractivity contribution in [1.29, 1.82) is 0 Å². The first-order valence-electron chi connectivity index (χ1n) is 7.73. The van der Waals surface area contributed by atoms with E-state index in [-0.39, 0.29) is 10.0 Å². The van der Waals surface area contributed by atoms with Crippen molar-refractivity contribution in [2.75, 3.05) is 12.0 Å². The van der Waals surface area contributed by atoms with Crippen molar-refractivity contribution in [2.24, 2.45) is 0 Å². The van der Waals surface area contributed by atoms with E-state index in [0.29, 0.717) is 0 Å². The number of rotatable bonds is 7. The predicted octanol–water partition coefficient (Wildman–Crippen LogP) is 3.76. The molecule has 16 heteroatoms. The second-order valence-electron chi connectivity index (χ2n) is 5.73. The molecule has 0 aliphatic heterocycles.